The topological polar surface area (TPSA) is 90.9 Å². The molecular weight excluding hydrogens is 382 g/mol. The van der Waals surface area contributed by atoms with Crippen LogP contribution in [0.1, 0.15) is 39.0 Å². The lowest BCUT2D eigenvalue weighted by molar-refractivity contribution is -0.123. The molecule has 3 rings (SSSR count). The fraction of sp³-hybridized carbons (Fsp3) is 0.455. The molecule has 0 aliphatic heterocycles. The lowest BCUT2D eigenvalue weighted by Crippen LogP contribution is -2.46. The average Bonchev–Trinajstić information content (AvgIpc) is 3.01. The van der Waals surface area contributed by atoms with Gasteiger partial charge in [0.15, 0.2) is 5.52 Å². The summed E-state index contributed by atoms with van der Waals surface area (Å²) in [5.41, 5.74) is 1.07. The summed E-state index contributed by atoms with van der Waals surface area (Å²) in [6.45, 7) is 9.83. The second-order valence-corrected chi connectivity index (χ2v) is 8.46. The van der Waals surface area contributed by atoms with Gasteiger partial charge in [0.1, 0.15) is 12.1 Å². The Hall–Kier alpha value is -3.16. The first kappa shape index (κ1) is 21.5. The number of rotatable bonds is 6. The number of aryl methyl sites for hydroxylation is 3. The molecule has 0 aliphatic carbocycles. The SMILES string of the molecule is CCn1nc(C)c2c1c(=O)n(CCc1ccccc1)c(=O)n2CC(=O)NC(C)(C)C. The van der Waals surface area contributed by atoms with Crippen LogP contribution in [-0.4, -0.2) is 30.4 Å². The van der Waals surface area contributed by atoms with E-state index in [2.05, 4.69) is 10.4 Å². The third-order valence-corrected chi connectivity index (χ3v) is 4.86. The second kappa shape index (κ2) is 8.30. The van der Waals surface area contributed by atoms with Crippen molar-refractivity contribution in [1.82, 2.24) is 24.2 Å². The van der Waals surface area contributed by atoms with Crippen molar-refractivity contribution in [3.63, 3.8) is 0 Å². The molecule has 0 unspecified atom stereocenters. The zero-order valence-electron chi connectivity index (χ0n) is 18.2. The van der Waals surface area contributed by atoms with Gasteiger partial charge >= 0.3 is 5.69 Å². The van der Waals surface area contributed by atoms with Gasteiger partial charge in [-0.3, -0.25) is 23.4 Å². The second-order valence-electron chi connectivity index (χ2n) is 8.46. The van der Waals surface area contributed by atoms with E-state index < -0.39 is 11.2 Å². The van der Waals surface area contributed by atoms with E-state index in [1.54, 1.807) is 11.6 Å². The van der Waals surface area contributed by atoms with Crippen LogP contribution in [-0.2, 0) is 30.8 Å². The number of benzene rings is 1. The first-order valence-electron chi connectivity index (χ1n) is 10.2. The Labute approximate surface area is 175 Å². The van der Waals surface area contributed by atoms with Crippen molar-refractivity contribution in [2.75, 3.05) is 0 Å². The summed E-state index contributed by atoms with van der Waals surface area (Å²) in [6.07, 6.45) is 0.537. The van der Waals surface area contributed by atoms with Gasteiger partial charge < -0.3 is 5.32 Å². The molecule has 8 nitrogen and oxygen atoms in total. The van der Waals surface area contributed by atoms with E-state index in [1.165, 1.54) is 9.13 Å². The van der Waals surface area contributed by atoms with E-state index >= 15 is 0 Å². The molecule has 0 aliphatic rings. The molecular formula is C22H29N5O3. The molecule has 160 valence electrons. The molecule has 1 amide bonds. The molecule has 0 saturated heterocycles. The third-order valence-electron chi connectivity index (χ3n) is 4.86. The molecule has 1 N–H and O–H groups in total. The molecule has 0 fully saturated rings. The number of fused-ring (bicyclic) bond motifs is 1. The Morgan fingerprint density at radius 3 is 2.33 bits per heavy atom. The summed E-state index contributed by atoms with van der Waals surface area (Å²) in [4.78, 5) is 39.1. The van der Waals surface area contributed by atoms with Crippen LogP contribution in [0.3, 0.4) is 0 Å². The number of amides is 1. The monoisotopic (exact) mass is 411 g/mol. The van der Waals surface area contributed by atoms with Gasteiger partial charge in [-0.2, -0.15) is 5.10 Å². The van der Waals surface area contributed by atoms with Crippen molar-refractivity contribution in [1.29, 1.82) is 0 Å². The summed E-state index contributed by atoms with van der Waals surface area (Å²) in [5, 5.41) is 7.30. The molecule has 2 aromatic heterocycles. The lowest BCUT2D eigenvalue weighted by Gasteiger charge is -2.21. The highest BCUT2D eigenvalue weighted by atomic mass is 16.2. The lowest BCUT2D eigenvalue weighted by atomic mass is 10.1. The zero-order valence-corrected chi connectivity index (χ0v) is 18.2. The van der Waals surface area contributed by atoms with Crippen LogP contribution in [0.25, 0.3) is 11.0 Å². The molecule has 0 bridgehead atoms. The summed E-state index contributed by atoms with van der Waals surface area (Å²) in [5.74, 6) is -0.289. The highest BCUT2D eigenvalue weighted by Crippen LogP contribution is 2.14. The van der Waals surface area contributed by atoms with Crippen molar-refractivity contribution in [2.24, 2.45) is 0 Å². The van der Waals surface area contributed by atoms with Crippen molar-refractivity contribution >= 4 is 16.9 Å². The van der Waals surface area contributed by atoms with Crippen molar-refractivity contribution in [3.05, 3.63) is 62.4 Å². The maximum atomic E-state index is 13.3. The fourth-order valence-corrected chi connectivity index (χ4v) is 3.62. The van der Waals surface area contributed by atoms with Gasteiger partial charge in [-0.1, -0.05) is 30.3 Å². The van der Waals surface area contributed by atoms with E-state index in [4.69, 9.17) is 0 Å². The van der Waals surface area contributed by atoms with E-state index in [0.29, 0.717) is 29.7 Å². The van der Waals surface area contributed by atoms with E-state index in [9.17, 15) is 14.4 Å². The van der Waals surface area contributed by atoms with E-state index in [1.807, 2.05) is 58.0 Å². The average molecular weight is 412 g/mol. The van der Waals surface area contributed by atoms with Crippen LogP contribution in [0, 0.1) is 6.92 Å². The van der Waals surface area contributed by atoms with Gasteiger partial charge in [0, 0.05) is 18.6 Å². The molecule has 30 heavy (non-hydrogen) atoms. The normalized spacial score (nSPS) is 11.8. The molecule has 2 heterocycles. The van der Waals surface area contributed by atoms with Gasteiger partial charge in [-0.25, -0.2) is 4.79 Å². The maximum absolute atomic E-state index is 13.3. The van der Waals surface area contributed by atoms with Crippen molar-refractivity contribution in [2.45, 2.75) is 66.2 Å². The standard InChI is InChI=1S/C22H29N5O3/c1-6-27-19-18(15(2)24-27)26(14-17(28)23-22(3,4)5)21(30)25(20(19)29)13-12-16-10-8-7-9-11-16/h7-11H,6,12-14H2,1-5H3,(H,23,28). The van der Waals surface area contributed by atoms with Crippen LogP contribution >= 0.6 is 0 Å². The molecule has 8 heteroatoms. The molecule has 0 radical (unpaired) electrons. The Morgan fingerprint density at radius 2 is 1.73 bits per heavy atom. The minimum Gasteiger partial charge on any atom is -0.350 e. The van der Waals surface area contributed by atoms with E-state index in [-0.39, 0.29) is 24.6 Å². The summed E-state index contributed by atoms with van der Waals surface area (Å²) in [6, 6.07) is 9.68. The smallest absolute Gasteiger partial charge is 0.332 e. The Morgan fingerprint density at radius 1 is 1.07 bits per heavy atom. The van der Waals surface area contributed by atoms with Crippen LogP contribution in [0.5, 0.6) is 0 Å². The highest BCUT2D eigenvalue weighted by Gasteiger charge is 2.22. The number of aromatic nitrogens is 4. The number of carbonyl (C=O) groups is 1. The molecule has 3 aromatic rings. The first-order chi connectivity index (χ1) is 14.1. The Balaban J connectivity index is 2.13. The van der Waals surface area contributed by atoms with Gasteiger partial charge in [0.05, 0.1) is 5.69 Å². The van der Waals surface area contributed by atoms with Gasteiger partial charge in [0.25, 0.3) is 5.56 Å². The maximum Gasteiger partial charge on any atom is 0.332 e. The number of hydrogen-bond acceptors (Lipinski definition) is 4. The first-order valence-corrected chi connectivity index (χ1v) is 10.2. The van der Waals surface area contributed by atoms with E-state index in [0.717, 1.165) is 5.56 Å². The number of carbonyl (C=O) groups excluding carboxylic acids is 1. The fourth-order valence-electron chi connectivity index (χ4n) is 3.62. The third kappa shape index (κ3) is 4.37. The van der Waals surface area contributed by atoms with Crippen LogP contribution in [0.4, 0.5) is 0 Å². The summed E-state index contributed by atoms with van der Waals surface area (Å²) < 4.78 is 4.19. The minimum absolute atomic E-state index is 0.172. The van der Waals surface area contributed by atoms with Gasteiger partial charge in [-0.05, 0) is 46.6 Å². The number of nitrogens with one attached hydrogen (secondary N) is 1. The minimum atomic E-state index is -0.494. The molecule has 0 spiro atoms. The highest BCUT2D eigenvalue weighted by molar-refractivity contribution is 5.81. The Bertz CT molecular complexity index is 1180. The van der Waals surface area contributed by atoms with Crippen LogP contribution in [0.2, 0.25) is 0 Å². The molecule has 1 aromatic carbocycles. The van der Waals surface area contributed by atoms with Crippen molar-refractivity contribution < 1.29 is 4.79 Å². The molecule has 0 saturated carbocycles. The van der Waals surface area contributed by atoms with Gasteiger partial charge in [0.2, 0.25) is 5.91 Å². The summed E-state index contributed by atoms with van der Waals surface area (Å²) in [7, 11) is 0. The Kier molecular flexibility index (Phi) is 5.96. The summed E-state index contributed by atoms with van der Waals surface area (Å²) >= 11 is 0. The number of nitrogens with zero attached hydrogens (tertiary/aromatic N) is 4. The van der Waals surface area contributed by atoms with Crippen LogP contribution < -0.4 is 16.6 Å². The van der Waals surface area contributed by atoms with Crippen LogP contribution in [0.15, 0.2) is 39.9 Å². The number of hydrogen-bond donors (Lipinski definition) is 1. The predicted octanol–water partition coefficient (Wildman–Crippen LogP) is 1.85. The zero-order chi connectivity index (χ0) is 22.1. The quantitative estimate of drug-likeness (QED) is 0.670. The van der Waals surface area contributed by atoms with Crippen molar-refractivity contribution in [3.8, 4) is 0 Å². The predicted molar refractivity (Wildman–Crippen MR) is 117 cm³/mol. The largest absolute Gasteiger partial charge is 0.350 e. The van der Waals surface area contributed by atoms with Gasteiger partial charge in [-0.15, -0.1) is 0 Å². The molecule has 0 atom stereocenters.